The number of benzene rings is 1. The van der Waals surface area contributed by atoms with E-state index in [2.05, 4.69) is 10.2 Å². The van der Waals surface area contributed by atoms with Crippen LogP contribution in [0.25, 0.3) is 0 Å². The van der Waals surface area contributed by atoms with Crippen LogP contribution < -0.4 is 10.1 Å². The fourth-order valence-corrected chi connectivity index (χ4v) is 2.53. The molecule has 1 fully saturated rings. The van der Waals surface area contributed by atoms with Crippen molar-refractivity contribution in [2.24, 2.45) is 0 Å². The molecule has 0 aliphatic carbocycles. The number of amides is 1. The van der Waals surface area contributed by atoms with Gasteiger partial charge in [0.2, 0.25) is 0 Å². The predicted octanol–water partition coefficient (Wildman–Crippen LogP) is 0.881. The van der Waals surface area contributed by atoms with E-state index in [1.54, 1.807) is 18.2 Å². The molecule has 1 amide bonds. The lowest BCUT2D eigenvalue weighted by molar-refractivity contribution is -0.136. The number of ether oxygens (including phenoxy) is 3. The number of carboxylic acid groups (broad SMARTS) is 1. The number of morpholine rings is 1. The van der Waals surface area contributed by atoms with Crippen LogP contribution in [0.2, 0.25) is 0 Å². The molecule has 0 aromatic heterocycles. The van der Waals surface area contributed by atoms with Gasteiger partial charge in [-0.3, -0.25) is 9.69 Å². The summed E-state index contributed by atoms with van der Waals surface area (Å²) >= 11 is 0. The van der Waals surface area contributed by atoms with E-state index in [1.165, 1.54) is 7.11 Å². The van der Waals surface area contributed by atoms with Gasteiger partial charge in [-0.05, 0) is 11.6 Å². The fourth-order valence-electron chi connectivity index (χ4n) is 2.53. The minimum absolute atomic E-state index is 0.0904. The van der Waals surface area contributed by atoms with E-state index in [9.17, 15) is 9.59 Å². The lowest BCUT2D eigenvalue weighted by Gasteiger charge is -2.26. The molecule has 0 unspecified atom stereocenters. The zero-order chi connectivity index (χ0) is 18.1. The quantitative estimate of drug-likeness (QED) is 0.717. The van der Waals surface area contributed by atoms with Crippen molar-refractivity contribution >= 4 is 12.1 Å². The molecule has 1 aromatic rings. The first-order valence-corrected chi connectivity index (χ1v) is 8.17. The second kappa shape index (κ2) is 9.85. The Kier molecular flexibility index (Phi) is 7.49. The second-order valence-electron chi connectivity index (χ2n) is 5.67. The van der Waals surface area contributed by atoms with Crippen molar-refractivity contribution in [3.8, 4) is 5.75 Å². The molecule has 1 aromatic carbocycles. The third kappa shape index (κ3) is 6.60. The average Bonchev–Trinajstić information content (AvgIpc) is 2.61. The van der Waals surface area contributed by atoms with E-state index >= 15 is 0 Å². The van der Waals surface area contributed by atoms with Crippen LogP contribution in [0.1, 0.15) is 11.1 Å². The van der Waals surface area contributed by atoms with Gasteiger partial charge in [-0.15, -0.1) is 0 Å². The van der Waals surface area contributed by atoms with Crippen LogP contribution in [-0.4, -0.2) is 68.6 Å². The van der Waals surface area contributed by atoms with E-state index in [0.29, 0.717) is 17.9 Å². The van der Waals surface area contributed by atoms with Gasteiger partial charge < -0.3 is 24.6 Å². The van der Waals surface area contributed by atoms with Crippen molar-refractivity contribution in [1.82, 2.24) is 10.2 Å². The first kappa shape index (κ1) is 19.0. The molecule has 0 bridgehead atoms. The molecule has 2 rings (SSSR count). The molecule has 2 N–H and O–H groups in total. The summed E-state index contributed by atoms with van der Waals surface area (Å²) in [6.07, 6.45) is -0.603. The van der Waals surface area contributed by atoms with Gasteiger partial charge >= 0.3 is 12.1 Å². The maximum Gasteiger partial charge on any atom is 0.407 e. The predicted molar refractivity (Wildman–Crippen MR) is 89.8 cm³/mol. The number of hydrogen-bond donors (Lipinski definition) is 2. The summed E-state index contributed by atoms with van der Waals surface area (Å²) in [5, 5.41) is 11.6. The summed E-state index contributed by atoms with van der Waals surface area (Å²) in [7, 11) is 1.48. The first-order chi connectivity index (χ1) is 12.1. The smallest absolute Gasteiger partial charge is 0.407 e. The van der Waals surface area contributed by atoms with Gasteiger partial charge in [-0.25, -0.2) is 4.79 Å². The topological polar surface area (TPSA) is 97.3 Å². The van der Waals surface area contributed by atoms with E-state index in [4.69, 9.17) is 19.3 Å². The van der Waals surface area contributed by atoms with Crippen LogP contribution in [0.4, 0.5) is 4.79 Å². The van der Waals surface area contributed by atoms with Crippen LogP contribution in [0, 0.1) is 0 Å². The van der Waals surface area contributed by atoms with E-state index in [1.807, 2.05) is 0 Å². The monoisotopic (exact) mass is 352 g/mol. The molecule has 0 spiro atoms. The molecular weight excluding hydrogens is 328 g/mol. The molecule has 0 radical (unpaired) electrons. The second-order valence-corrected chi connectivity index (χ2v) is 5.67. The highest BCUT2D eigenvalue weighted by Gasteiger charge is 2.12. The summed E-state index contributed by atoms with van der Waals surface area (Å²) in [5.41, 5.74) is 1.31. The van der Waals surface area contributed by atoms with Crippen LogP contribution in [-0.2, 0) is 27.3 Å². The van der Waals surface area contributed by atoms with Gasteiger partial charge in [-0.2, -0.15) is 0 Å². The van der Waals surface area contributed by atoms with Crippen molar-refractivity contribution in [1.29, 1.82) is 0 Å². The molecule has 0 atom stereocenters. The van der Waals surface area contributed by atoms with Crippen molar-refractivity contribution in [2.75, 3.05) is 46.5 Å². The Balaban J connectivity index is 1.74. The van der Waals surface area contributed by atoms with E-state index < -0.39 is 12.1 Å². The molecule has 8 nitrogen and oxygen atoms in total. The number of rotatable bonds is 8. The largest absolute Gasteiger partial charge is 0.496 e. The van der Waals surface area contributed by atoms with Gasteiger partial charge in [0.05, 0.1) is 26.7 Å². The zero-order valence-electron chi connectivity index (χ0n) is 14.3. The molecule has 1 aliphatic heterocycles. The van der Waals surface area contributed by atoms with Crippen molar-refractivity contribution in [3.05, 3.63) is 29.3 Å². The van der Waals surface area contributed by atoms with Crippen LogP contribution in [0.5, 0.6) is 5.75 Å². The molecule has 8 heteroatoms. The minimum atomic E-state index is -0.929. The van der Waals surface area contributed by atoms with Crippen LogP contribution in [0.3, 0.4) is 0 Å². The molecule has 25 heavy (non-hydrogen) atoms. The van der Waals surface area contributed by atoms with Gasteiger partial charge in [0, 0.05) is 31.7 Å². The number of methoxy groups -OCH3 is 1. The standard InChI is InChI=1S/C17H24N2O6/c1-23-15-10-13(2-3-14(15)11-16(20)21)12-25-17(22)18-4-5-19-6-8-24-9-7-19/h2-3,10H,4-9,11-12H2,1H3,(H,18,22)(H,20,21). The number of carbonyl (C=O) groups excluding carboxylic acids is 1. The summed E-state index contributed by atoms with van der Waals surface area (Å²) in [6, 6.07) is 5.07. The van der Waals surface area contributed by atoms with E-state index in [0.717, 1.165) is 38.4 Å². The highest BCUT2D eigenvalue weighted by molar-refractivity contribution is 5.71. The summed E-state index contributed by atoms with van der Waals surface area (Å²) in [5.74, 6) is -0.460. The lowest BCUT2D eigenvalue weighted by atomic mass is 10.1. The van der Waals surface area contributed by atoms with Crippen molar-refractivity contribution < 1.29 is 28.9 Å². The fraction of sp³-hybridized carbons (Fsp3) is 0.529. The van der Waals surface area contributed by atoms with Gasteiger partial charge in [0.25, 0.3) is 0 Å². The Morgan fingerprint density at radius 3 is 2.76 bits per heavy atom. The number of hydrogen-bond acceptors (Lipinski definition) is 6. The zero-order valence-corrected chi connectivity index (χ0v) is 14.3. The molecule has 1 aliphatic rings. The maximum absolute atomic E-state index is 11.7. The summed E-state index contributed by atoms with van der Waals surface area (Å²) in [6.45, 7) is 4.57. The Morgan fingerprint density at radius 1 is 1.32 bits per heavy atom. The highest BCUT2D eigenvalue weighted by atomic mass is 16.5. The molecule has 0 saturated carbocycles. The molecule has 1 saturated heterocycles. The summed E-state index contributed by atoms with van der Waals surface area (Å²) in [4.78, 5) is 24.8. The lowest BCUT2D eigenvalue weighted by Crippen LogP contribution is -2.41. The first-order valence-electron chi connectivity index (χ1n) is 8.17. The normalized spacial score (nSPS) is 14.8. The van der Waals surface area contributed by atoms with Crippen molar-refractivity contribution in [3.63, 3.8) is 0 Å². The van der Waals surface area contributed by atoms with E-state index in [-0.39, 0.29) is 13.0 Å². The minimum Gasteiger partial charge on any atom is -0.496 e. The van der Waals surface area contributed by atoms with Crippen LogP contribution in [0.15, 0.2) is 18.2 Å². The Bertz CT molecular complexity index is 587. The Morgan fingerprint density at radius 2 is 2.08 bits per heavy atom. The Hall–Kier alpha value is -2.32. The van der Waals surface area contributed by atoms with Crippen LogP contribution >= 0.6 is 0 Å². The average molecular weight is 352 g/mol. The Labute approximate surface area is 146 Å². The summed E-state index contributed by atoms with van der Waals surface area (Å²) < 4.78 is 15.6. The number of carbonyl (C=O) groups is 2. The SMILES string of the molecule is COc1cc(COC(=O)NCCN2CCOCC2)ccc1CC(=O)O. The number of carboxylic acids is 1. The third-order valence-electron chi connectivity index (χ3n) is 3.86. The number of nitrogens with zero attached hydrogens (tertiary/aromatic N) is 1. The van der Waals surface area contributed by atoms with Crippen molar-refractivity contribution in [2.45, 2.75) is 13.0 Å². The highest BCUT2D eigenvalue weighted by Crippen LogP contribution is 2.21. The number of aliphatic carboxylic acids is 1. The molecule has 1 heterocycles. The molecular formula is C17H24N2O6. The number of alkyl carbamates (subject to hydrolysis) is 1. The van der Waals surface area contributed by atoms with Gasteiger partial charge in [0.1, 0.15) is 12.4 Å². The third-order valence-corrected chi connectivity index (χ3v) is 3.86. The maximum atomic E-state index is 11.7. The molecule has 138 valence electrons. The number of nitrogens with one attached hydrogen (secondary N) is 1. The van der Waals surface area contributed by atoms with Gasteiger partial charge in [0.15, 0.2) is 0 Å². The van der Waals surface area contributed by atoms with Gasteiger partial charge in [-0.1, -0.05) is 12.1 Å².